The van der Waals surface area contributed by atoms with Crippen LogP contribution in [0.4, 0.5) is 14.5 Å². The van der Waals surface area contributed by atoms with E-state index in [1.54, 1.807) is 0 Å². The summed E-state index contributed by atoms with van der Waals surface area (Å²) in [6.45, 7) is 0.470. The molecule has 1 heterocycles. The molecule has 0 aliphatic carbocycles. The van der Waals surface area contributed by atoms with Crippen molar-refractivity contribution in [1.82, 2.24) is 4.31 Å². The number of aliphatic hydroxyl groups excluding tert-OH is 1. The van der Waals surface area contributed by atoms with Crippen LogP contribution >= 0.6 is 0 Å². The summed E-state index contributed by atoms with van der Waals surface area (Å²) in [6.07, 6.45) is 1.68. The van der Waals surface area contributed by atoms with Crippen molar-refractivity contribution in [3.63, 3.8) is 0 Å². The lowest BCUT2D eigenvalue weighted by Gasteiger charge is -2.40. The lowest BCUT2D eigenvalue weighted by Crippen LogP contribution is -2.45. The average Bonchev–Trinajstić information content (AvgIpc) is 2.87. The van der Waals surface area contributed by atoms with Gasteiger partial charge in [0.15, 0.2) is 11.6 Å². The summed E-state index contributed by atoms with van der Waals surface area (Å²) in [6, 6.07) is 18.4. The number of anilines is 1. The maximum absolute atomic E-state index is 13.4. The Kier molecular flexibility index (Phi) is 7.30. The van der Waals surface area contributed by atoms with Gasteiger partial charge in [0.25, 0.3) is 5.91 Å². The third-order valence-electron chi connectivity index (χ3n) is 6.45. The molecule has 0 saturated carbocycles. The average molecular weight is 501 g/mol. The third-order valence-corrected chi connectivity index (χ3v) is 8.35. The van der Waals surface area contributed by atoms with Crippen LogP contribution in [0.2, 0.25) is 0 Å². The molecule has 0 unspecified atom stereocenters. The van der Waals surface area contributed by atoms with Crippen molar-refractivity contribution in [3.8, 4) is 0 Å². The number of nitrogens with zero attached hydrogens (tertiary/aromatic N) is 1. The van der Waals surface area contributed by atoms with Crippen molar-refractivity contribution >= 4 is 21.6 Å². The molecule has 0 atom stereocenters. The second kappa shape index (κ2) is 10.2. The summed E-state index contributed by atoms with van der Waals surface area (Å²) in [4.78, 5) is 12.6. The number of benzene rings is 3. The fourth-order valence-electron chi connectivity index (χ4n) is 4.34. The smallest absolute Gasteiger partial charge is 0.255 e. The zero-order valence-electron chi connectivity index (χ0n) is 19.0. The summed E-state index contributed by atoms with van der Waals surface area (Å²) >= 11 is 0. The minimum atomic E-state index is -3.87. The number of sulfonamides is 1. The van der Waals surface area contributed by atoms with E-state index < -0.39 is 27.6 Å². The lowest BCUT2D eigenvalue weighted by molar-refractivity contribution is 0.0684. The highest BCUT2D eigenvalue weighted by Gasteiger charge is 2.38. The molecule has 1 saturated heterocycles. The van der Waals surface area contributed by atoms with Gasteiger partial charge >= 0.3 is 0 Å². The van der Waals surface area contributed by atoms with Crippen LogP contribution in [-0.2, 0) is 16.4 Å². The summed E-state index contributed by atoms with van der Waals surface area (Å²) < 4.78 is 54.5. The highest BCUT2D eigenvalue weighted by Crippen LogP contribution is 2.36. The van der Waals surface area contributed by atoms with E-state index in [9.17, 15) is 27.1 Å². The normalized spacial score (nSPS) is 16.1. The van der Waals surface area contributed by atoms with Gasteiger partial charge in [0.05, 0.1) is 4.90 Å². The number of rotatable bonds is 7. The van der Waals surface area contributed by atoms with Gasteiger partial charge in [-0.15, -0.1) is 0 Å². The minimum absolute atomic E-state index is 0.0323. The summed E-state index contributed by atoms with van der Waals surface area (Å²) in [5.74, 6) is -2.78. The molecule has 9 heteroatoms. The van der Waals surface area contributed by atoms with Gasteiger partial charge in [-0.3, -0.25) is 4.79 Å². The quantitative estimate of drug-likeness (QED) is 0.509. The highest BCUT2D eigenvalue weighted by atomic mass is 32.2. The van der Waals surface area contributed by atoms with Gasteiger partial charge in [0.2, 0.25) is 10.0 Å². The molecule has 1 aliphatic rings. The largest absolute Gasteiger partial charge is 0.396 e. The Hall–Kier alpha value is -3.14. The van der Waals surface area contributed by atoms with Crippen LogP contribution in [-0.4, -0.2) is 43.4 Å². The Morgan fingerprint density at radius 1 is 0.943 bits per heavy atom. The molecular formula is C26H26F2N2O4S. The number of nitrogens with one attached hydrogen (secondary N) is 1. The van der Waals surface area contributed by atoms with Crippen molar-refractivity contribution in [1.29, 1.82) is 0 Å². The maximum atomic E-state index is 13.4. The van der Waals surface area contributed by atoms with Gasteiger partial charge in [0.1, 0.15) is 0 Å². The first-order chi connectivity index (χ1) is 16.7. The lowest BCUT2D eigenvalue weighted by atomic mass is 9.75. The van der Waals surface area contributed by atoms with E-state index in [1.807, 2.05) is 30.3 Å². The van der Waals surface area contributed by atoms with Crippen molar-refractivity contribution in [3.05, 3.63) is 95.6 Å². The number of amides is 1. The van der Waals surface area contributed by atoms with Crippen molar-refractivity contribution in [2.24, 2.45) is 5.41 Å². The van der Waals surface area contributed by atoms with E-state index in [2.05, 4.69) is 5.32 Å². The number of piperidine rings is 1. The number of hydrogen-bond acceptors (Lipinski definition) is 4. The molecule has 0 aromatic heterocycles. The van der Waals surface area contributed by atoms with E-state index in [-0.39, 0.29) is 41.3 Å². The monoisotopic (exact) mass is 500 g/mol. The van der Waals surface area contributed by atoms with E-state index in [0.717, 1.165) is 17.7 Å². The van der Waals surface area contributed by atoms with Crippen molar-refractivity contribution in [2.75, 3.05) is 25.0 Å². The fourth-order valence-corrected chi connectivity index (χ4v) is 5.83. The Morgan fingerprint density at radius 2 is 1.66 bits per heavy atom. The third kappa shape index (κ3) is 5.58. The Bertz CT molecular complexity index is 1310. The molecule has 3 aromatic rings. The van der Waals surface area contributed by atoms with E-state index in [0.29, 0.717) is 19.3 Å². The Morgan fingerprint density at radius 3 is 2.31 bits per heavy atom. The molecule has 3 aromatic carbocycles. The molecule has 35 heavy (non-hydrogen) atoms. The van der Waals surface area contributed by atoms with Gasteiger partial charge < -0.3 is 10.4 Å². The number of hydrogen-bond donors (Lipinski definition) is 2. The second-order valence-corrected chi connectivity index (χ2v) is 10.8. The molecule has 0 spiro atoms. The topological polar surface area (TPSA) is 86.7 Å². The summed E-state index contributed by atoms with van der Waals surface area (Å²) in [5.41, 5.74) is 0.829. The van der Waals surface area contributed by atoms with Crippen LogP contribution in [0.25, 0.3) is 0 Å². The number of halogens is 2. The first kappa shape index (κ1) is 25.0. The number of carbonyl (C=O) groups excluding carboxylic acids is 1. The van der Waals surface area contributed by atoms with Crippen LogP contribution in [0, 0.1) is 17.0 Å². The highest BCUT2D eigenvalue weighted by molar-refractivity contribution is 7.89. The van der Waals surface area contributed by atoms with Gasteiger partial charge in [-0.25, -0.2) is 17.2 Å². The van der Waals surface area contributed by atoms with Crippen molar-refractivity contribution < 1.29 is 27.1 Å². The standard InChI is InChI=1S/C26H26F2N2O4S/c27-23-10-9-21(16-24(23)28)29-25(32)20-7-4-8-22(15-20)35(33,34)30-13-11-26(18-31,12-14-30)17-19-5-2-1-3-6-19/h1-10,15-16,31H,11-14,17-18H2,(H,29,32). The summed E-state index contributed by atoms with van der Waals surface area (Å²) in [5, 5.41) is 12.5. The molecule has 1 aliphatic heterocycles. The molecule has 4 rings (SSSR count). The van der Waals surface area contributed by atoms with Crippen LogP contribution in [0.1, 0.15) is 28.8 Å². The first-order valence-corrected chi connectivity index (χ1v) is 12.7. The van der Waals surface area contributed by atoms with Crippen LogP contribution in [0.5, 0.6) is 0 Å². The summed E-state index contributed by atoms with van der Waals surface area (Å²) in [7, 11) is -3.87. The van der Waals surface area contributed by atoms with E-state index in [1.165, 1.54) is 34.6 Å². The Balaban J connectivity index is 1.47. The predicted octanol–water partition coefficient (Wildman–Crippen LogP) is 4.22. The minimum Gasteiger partial charge on any atom is -0.396 e. The van der Waals surface area contributed by atoms with Gasteiger partial charge in [0, 0.05) is 37.0 Å². The zero-order valence-corrected chi connectivity index (χ0v) is 19.8. The Labute approximate surface area is 203 Å². The van der Waals surface area contributed by atoms with Crippen LogP contribution in [0.3, 0.4) is 0 Å². The molecule has 2 N–H and O–H groups in total. The molecule has 1 amide bonds. The van der Waals surface area contributed by atoms with E-state index in [4.69, 9.17) is 0 Å². The number of aliphatic hydroxyl groups is 1. The SMILES string of the molecule is O=C(Nc1ccc(F)c(F)c1)c1cccc(S(=O)(=O)N2CCC(CO)(Cc3ccccc3)CC2)c1. The molecule has 1 fully saturated rings. The van der Waals surface area contributed by atoms with Gasteiger partial charge in [-0.2, -0.15) is 4.31 Å². The molecule has 6 nitrogen and oxygen atoms in total. The molecular weight excluding hydrogens is 474 g/mol. The molecule has 0 bridgehead atoms. The predicted molar refractivity (Wildman–Crippen MR) is 128 cm³/mol. The first-order valence-electron chi connectivity index (χ1n) is 11.2. The van der Waals surface area contributed by atoms with Crippen molar-refractivity contribution in [2.45, 2.75) is 24.2 Å². The molecule has 184 valence electrons. The fraction of sp³-hybridized carbons (Fsp3) is 0.269. The van der Waals surface area contributed by atoms with Crippen LogP contribution < -0.4 is 5.32 Å². The number of carbonyl (C=O) groups is 1. The maximum Gasteiger partial charge on any atom is 0.255 e. The van der Waals surface area contributed by atoms with Crippen LogP contribution in [0.15, 0.2) is 77.7 Å². The van der Waals surface area contributed by atoms with Gasteiger partial charge in [-0.05, 0) is 60.6 Å². The second-order valence-electron chi connectivity index (χ2n) is 8.84. The molecule has 0 radical (unpaired) electrons. The van der Waals surface area contributed by atoms with E-state index >= 15 is 0 Å². The zero-order chi connectivity index (χ0) is 25.1. The van der Waals surface area contributed by atoms with Gasteiger partial charge in [-0.1, -0.05) is 36.4 Å².